The first kappa shape index (κ1) is 9.13. The number of hydrazone groups is 1. The van der Waals surface area contributed by atoms with E-state index in [1.54, 1.807) is 0 Å². The highest BCUT2D eigenvalue weighted by atomic mass is 32.2. The molecule has 0 fully saturated rings. The highest BCUT2D eigenvalue weighted by molar-refractivity contribution is 8.05. The third kappa shape index (κ3) is 1.37. The fourth-order valence-electron chi connectivity index (χ4n) is 1.22. The van der Waals surface area contributed by atoms with E-state index in [2.05, 4.69) is 20.8 Å². The predicted octanol–water partition coefficient (Wildman–Crippen LogP) is -1.95. The first-order valence-corrected chi connectivity index (χ1v) is 5.75. The van der Waals surface area contributed by atoms with E-state index >= 15 is 0 Å². The summed E-state index contributed by atoms with van der Waals surface area (Å²) >= 11 is 0. The van der Waals surface area contributed by atoms with Crippen LogP contribution in [0.4, 0.5) is 0 Å². The molecule has 8 heteroatoms. The number of carbonyl (C=O) groups is 1. The van der Waals surface area contributed by atoms with Crippen LogP contribution in [-0.2, 0) is 14.6 Å². The maximum Gasteiger partial charge on any atom is 0.238 e. The lowest BCUT2D eigenvalue weighted by molar-refractivity contribution is -0.122. The monoisotopic (exact) mass is 216 g/mol. The summed E-state index contributed by atoms with van der Waals surface area (Å²) in [6, 6.07) is 0. The van der Waals surface area contributed by atoms with Crippen molar-refractivity contribution in [2.45, 2.75) is 6.17 Å². The van der Waals surface area contributed by atoms with Crippen LogP contribution >= 0.6 is 0 Å². The van der Waals surface area contributed by atoms with Gasteiger partial charge < -0.3 is 5.32 Å². The molecule has 2 atom stereocenters. The number of hydrogen-bond acceptors (Lipinski definition) is 6. The number of fused-ring (bicyclic) bond motifs is 1. The highest BCUT2D eigenvalue weighted by Crippen LogP contribution is 2.13. The summed E-state index contributed by atoms with van der Waals surface area (Å²) in [5.41, 5.74) is 2.55. The Morgan fingerprint density at radius 2 is 2.21 bits per heavy atom. The second kappa shape index (κ2) is 2.77. The maximum atomic E-state index is 11.3. The quantitative estimate of drug-likeness (QED) is 0.491. The normalized spacial score (nSPS) is 30.4. The Balaban J connectivity index is 2.38. The molecule has 0 spiro atoms. The third-order valence-electron chi connectivity index (χ3n) is 1.92. The summed E-state index contributed by atoms with van der Waals surface area (Å²) in [5.74, 6) is -0.917. The van der Waals surface area contributed by atoms with Gasteiger partial charge in [-0.15, -0.1) is 0 Å². The van der Waals surface area contributed by atoms with Crippen LogP contribution in [-0.4, -0.2) is 38.1 Å². The minimum atomic E-state index is -3.47. The number of aliphatic imine (C=N–C) groups is 1. The number of amides is 1. The molecule has 2 aliphatic rings. The maximum absolute atomic E-state index is 11.3. The number of nitrogens with zero attached hydrogens (tertiary/aromatic N) is 2. The minimum Gasteiger partial charge on any atom is -0.301 e. The van der Waals surface area contributed by atoms with Crippen molar-refractivity contribution in [3.63, 3.8) is 0 Å². The molecule has 2 aliphatic heterocycles. The van der Waals surface area contributed by atoms with Crippen molar-refractivity contribution in [2.75, 3.05) is 6.26 Å². The molecular formula is C6H8N4O3S. The van der Waals surface area contributed by atoms with Crippen LogP contribution in [0, 0.1) is 5.92 Å². The zero-order chi connectivity index (χ0) is 10.3. The van der Waals surface area contributed by atoms with Crippen molar-refractivity contribution in [1.29, 1.82) is 0 Å². The van der Waals surface area contributed by atoms with Gasteiger partial charge in [0.1, 0.15) is 5.92 Å². The van der Waals surface area contributed by atoms with Crippen LogP contribution in [0.2, 0.25) is 0 Å². The molecule has 0 unspecified atom stereocenters. The van der Waals surface area contributed by atoms with Gasteiger partial charge >= 0.3 is 0 Å². The lowest BCUT2D eigenvalue weighted by atomic mass is 10.1. The standard InChI is InChI=1S/C6H8N4O3S/c1-14(12,13)6-8-4-3(2-7-10-4)5(11)9-6/h2-4,10H,1H3,(H,8,9,11)/t3-,4-/m0/s1. The van der Waals surface area contributed by atoms with Crippen LogP contribution in [0.5, 0.6) is 0 Å². The fraction of sp³-hybridized carbons (Fsp3) is 0.500. The van der Waals surface area contributed by atoms with Crippen LogP contribution < -0.4 is 10.7 Å². The van der Waals surface area contributed by atoms with Crippen molar-refractivity contribution in [1.82, 2.24) is 10.7 Å². The summed E-state index contributed by atoms with van der Waals surface area (Å²) in [6.07, 6.45) is 1.80. The molecule has 0 aliphatic carbocycles. The predicted molar refractivity (Wildman–Crippen MR) is 49.3 cm³/mol. The average Bonchev–Trinajstić information content (AvgIpc) is 2.50. The second-order valence-corrected chi connectivity index (χ2v) is 5.00. The van der Waals surface area contributed by atoms with Crippen LogP contribution in [0.15, 0.2) is 10.1 Å². The zero-order valence-electron chi connectivity index (χ0n) is 7.26. The Morgan fingerprint density at radius 3 is 2.86 bits per heavy atom. The van der Waals surface area contributed by atoms with Gasteiger partial charge in [0.15, 0.2) is 6.17 Å². The molecular weight excluding hydrogens is 208 g/mol. The van der Waals surface area contributed by atoms with E-state index in [0.29, 0.717) is 0 Å². The van der Waals surface area contributed by atoms with Gasteiger partial charge in [-0.25, -0.2) is 13.4 Å². The molecule has 2 heterocycles. The van der Waals surface area contributed by atoms with Gasteiger partial charge in [0.05, 0.1) is 0 Å². The average molecular weight is 216 g/mol. The van der Waals surface area contributed by atoms with E-state index in [4.69, 9.17) is 0 Å². The zero-order valence-corrected chi connectivity index (χ0v) is 8.08. The summed E-state index contributed by atoms with van der Waals surface area (Å²) in [4.78, 5) is 15.2. The van der Waals surface area contributed by atoms with Gasteiger partial charge in [0, 0.05) is 12.5 Å². The van der Waals surface area contributed by atoms with E-state index < -0.39 is 27.8 Å². The number of sulfone groups is 1. The lowest BCUT2D eigenvalue weighted by Crippen LogP contribution is -2.49. The van der Waals surface area contributed by atoms with Gasteiger partial charge in [0.25, 0.3) is 0 Å². The number of hydrogen-bond donors (Lipinski definition) is 2. The summed E-state index contributed by atoms with van der Waals surface area (Å²) in [7, 11) is -3.47. The summed E-state index contributed by atoms with van der Waals surface area (Å²) in [5, 5.41) is 5.57. The molecule has 2 rings (SSSR count). The fourth-order valence-corrected chi connectivity index (χ4v) is 1.81. The summed E-state index contributed by atoms with van der Waals surface area (Å²) < 4.78 is 22.2. The van der Waals surface area contributed by atoms with Gasteiger partial charge in [-0.05, 0) is 0 Å². The Bertz CT molecular complexity index is 438. The molecule has 2 N–H and O–H groups in total. The van der Waals surface area contributed by atoms with Crippen molar-refractivity contribution in [2.24, 2.45) is 16.0 Å². The van der Waals surface area contributed by atoms with E-state index in [1.165, 1.54) is 6.21 Å². The van der Waals surface area contributed by atoms with Gasteiger partial charge in [-0.2, -0.15) is 5.10 Å². The second-order valence-electron chi connectivity index (χ2n) is 3.07. The number of rotatable bonds is 0. The molecule has 0 saturated carbocycles. The first-order chi connectivity index (χ1) is 6.48. The van der Waals surface area contributed by atoms with E-state index in [0.717, 1.165) is 6.26 Å². The van der Waals surface area contributed by atoms with E-state index in [-0.39, 0.29) is 5.17 Å². The molecule has 1 amide bonds. The number of amidine groups is 1. The lowest BCUT2D eigenvalue weighted by Gasteiger charge is -2.20. The molecule has 0 radical (unpaired) electrons. The SMILES string of the molecule is CS(=O)(=O)C1=N[C@H]2NN=C[C@@H]2C(=O)N1. The number of carbonyl (C=O) groups excluding carboxylic acids is 1. The number of nitrogens with one attached hydrogen (secondary N) is 2. The molecule has 0 aromatic carbocycles. The topological polar surface area (TPSA) is 100.0 Å². The van der Waals surface area contributed by atoms with Crippen molar-refractivity contribution in [3.05, 3.63) is 0 Å². The summed E-state index contributed by atoms with van der Waals surface area (Å²) in [6.45, 7) is 0. The Morgan fingerprint density at radius 1 is 1.50 bits per heavy atom. The van der Waals surface area contributed by atoms with Gasteiger partial charge in [-0.1, -0.05) is 0 Å². The highest BCUT2D eigenvalue weighted by Gasteiger charge is 2.37. The van der Waals surface area contributed by atoms with Crippen molar-refractivity contribution >= 4 is 27.1 Å². The molecule has 0 aromatic heterocycles. The Hall–Kier alpha value is -1.44. The van der Waals surface area contributed by atoms with Crippen molar-refractivity contribution < 1.29 is 13.2 Å². The van der Waals surface area contributed by atoms with Crippen LogP contribution in [0.1, 0.15) is 0 Å². The Labute approximate surface area is 80.2 Å². The van der Waals surface area contributed by atoms with Crippen LogP contribution in [0.3, 0.4) is 0 Å². The minimum absolute atomic E-state index is 0.304. The molecule has 76 valence electrons. The van der Waals surface area contributed by atoms with Gasteiger partial charge in [-0.3, -0.25) is 10.2 Å². The molecule has 0 saturated heterocycles. The largest absolute Gasteiger partial charge is 0.301 e. The van der Waals surface area contributed by atoms with Gasteiger partial charge in [0.2, 0.25) is 20.9 Å². The van der Waals surface area contributed by atoms with Crippen molar-refractivity contribution in [3.8, 4) is 0 Å². The third-order valence-corrected chi connectivity index (χ3v) is 2.83. The smallest absolute Gasteiger partial charge is 0.238 e. The van der Waals surface area contributed by atoms with Crippen LogP contribution in [0.25, 0.3) is 0 Å². The van der Waals surface area contributed by atoms with E-state index in [9.17, 15) is 13.2 Å². The van der Waals surface area contributed by atoms with E-state index in [1.807, 2.05) is 0 Å². The molecule has 7 nitrogen and oxygen atoms in total. The Kier molecular flexibility index (Phi) is 1.81. The first-order valence-electron chi connectivity index (χ1n) is 3.86. The molecule has 0 aromatic rings. The molecule has 0 bridgehead atoms. The molecule has 14 heavy (non-hydrogen) atoms.